The van der Waals surface area contributed by atoms with Crippen molar-refractivity contribution in [3.8, 4) is 5.75 Å². The second-order valence-electron chi connectivity index (χ2n) is 10.8. The molecular formula is C29H34F2N4O4. The van der Waals surface area contributed by atoms with E-state index in [9.17, 15) is 23.2 Å². The molecule has 3 aromatic rings. The van der Waals surface area contributed by atoms with Gasteiger partial charge in [0.1, 0.15) is 11.7 Å². The number of aryl methyl sites for hydroxylation is 1. The third-order valence-corrected chi connectivity index (χ3v) is 8.32. The lowest BCUT2D eigenvalue weighted by Crippen LogP contribution is -2.41. The van der Waals surface area contributed by atoms with Gasteiger partial charge in [-0.2, -0.15) is 0 Å². The number of hydrogen-bond donors (Lipinski definition) is 2. The molecule has 8 nitrogen and oxygen atoms in total. The number of fused-ring (bicyclic) bond motifs is 1. The summed E-state index contributed by atoms with van der Waals surface area (Å²) in [6.45, 7) is 6.71. The van der Waals surface area contributed by atoms with E-state index >= 15 is 0 Å². The first-order chi connectivity index (χ1) is 18.5. The van der Waals surface area contributed by atoms with E-state index in [4.69, 9.17) is 4.74 Å². The van der Waals surface area contributed by atoms with Crippen molar-refractivity contribution in [1.82, 2.24) is 19.8 Å². The molecule has 2 N–H and O–H groups in total. The minimum atomic E-state index is -2.85. The maximum Gasteiger partial charge on any atom is 0.260 e. The third-order valence-electron chi connectivity index (χ3n) is 8.32. The summed E-state index contributed by atoms with van der Waals surface area (Å²) in [7, 11) is 1.49. The minimum absolute atomic E-state index is 0.0125. The molecule has 1 aliphatic carbocycles. The fraction of sp³-hybridized carbons (Fsp3) is 0.483. The lowest BCUT2D eigenvalue weighted by Gasteiger charge is -2.36. The van der Waals surface area contributed by atoms with E-state index in [0.717, 1.165) is 16.6 Å². The number of carbonyl (C=O) groups excluding carboxylic acids is 2. The number of aromatic nitrogens is 2. The number of benzene rings is 1. The van der Waals surface area contributed by atoms with Gasteiger partial charge in [-0.25, -0.2) is 8.78 Å². The number of aromatic amines is 1. The fourth-order valence-electron chi connectivity index (χ4n) is 6.01. The molecule has 0 bridgehead atoms. The summed E-state index contributed by atoms with van der Waals surface area (Å²) >= 11 is 0. The van der Waals surface area contributed by atoms with Crippen LogP contribution in [0.3, 0.4) is 0 Å². The van der Waals surface area contributed by atoms with Crippen molar-refractivity contribution in [3.63, 3.8) is 0 Å². The maximum atomic E-state index is 13.5. The predicted molar refractivity (Wildman–Crippen MR) is 143 cm³/mol. The summed E-state index contributed by atoms with van der Waals surface area (Å²) in [6.07, 6.45) is 1.07. The number of carbonyl (C=O) groups is 2. The van der Waals surface area contributed by atoms with E-state index in [1.807, 2.05) is 31.2 Å². The number of nitrogens with one attached hydrogen (secondary N) is 2. The van der Waals surface area contributed by atoms with Crippen LogP contribution in [0.15, 0.2) is 35.1 Å². The van der Waals surface area contributed by atoms with E-state index < -0.39 is 17.7 Å². The summed E-state index contributed by atoms with van der Waals surface area (Å²) in [4.78, 5) is 42.8. The molecule has 2 amide bonds. The molecule has 0 radical (unpaired) electrons. The molecule has 5 rings (SSSR count). The highest BCUT2D eigenvalue weighted by atomic mass is 19.3. The number of H-pyrrole nitrogens is 1. The van der Waals surface area contributed by atoms with Crippen molar-refractivity contribution in [2.75, 3.05) is 20.2 Å². The Labute approximate surface area is 225 Å². The first-order valence-electron chi connectivity index (χ1n) is 13.3. The number of piperidine rings is 1. The van der Waals surface area contributed by atoms with Crippen LogP contribution in [-0.4, -0.2) is 52.4 Å². The van der Waals surface area contributed by atoms with Crippen LogP contribution in [0.2, 0.25) is 0 Å². The molecule has 1 saturated carbocycles. The first kappa shape index (κ1) is 26.9. The average molecular weight is 541 g/mol. The normalized spacial score (nSPS) is 19.6. The monoisotopic (exact) mass is 540 g/mol. The fourth-order valence-corrected chi connectivity index (χ4v) is 6.01. The van der Waals surface area contributed by atoms with Gasteiger partial charge in [0.2, 0.25) is 5.91 Å². The van der Waals surface area contributed by atoms with Crippen LogP contribution < -0.4 is 15.6 Å². The Morgan fingerprint density at radius 3 is 2.51 bits per heavy atom. The lowest BCUT2D eigenvalue weighted by molar-refractivity contribution is -0.136. The molecule has 0 spiro atoms. The Kier molecular flexibility index (Phi) is 6.99. The molecule has 1 aromatic carbocycles. The molecule has 10 heteroatoms. The van der Waals surface area contributed by atoms with Gasteiger partial charge >= 0.3 is 0 Å². The van der Waals surface area contributed by atoms with Crippen molar-refractivity contribution < 1.29 is 23.1 Å². The molecule has 1 unspecified atom stereocenters. The zero-order chi connectivity index (χ0) is 28.1. The standard InChI is InChI=1S/C29H34F2N4O4/c1-16-13-24(39-4)21(26(36)33-16)15-32-27(37)25-18(3)35(23-8-6-5-7-20(23)25)17(2)19-9-11-34(12-10-19)28(38)22-14-29(22,30)31/h5-8,13,17,19,22H,9-12,14-15H2,1-4H3,(H,32,37)(H,33,36)/t17-,22?/m1/s1. The Morgan fingerprint density at radius 1 is 1.21 bits per heavy atom. The van der Waals surface area contributed by atoms with Crippen molar-refractivity contribution in [1.29, 1.82) is 0 Å². The number of halogens is 2. The minimum Gasteiger partial charge on any atom is -0.496 e. The second kappa shape index (κ2) is 10.1. The molecule has 208 valence electrons. The maximum absolute atomic E-state index is 13.5. The summed E-state index contributed by atoms with van der Waals surface area (Å²) in [5.74, 6) is -4.09. The van der Waals surface area contributed by atoms with Gasteiger partial charge in [-0.3, -0.25) is 14.4 Å². The van der Waals surface area contributed by atoms with Gasteiger partial charge < -0.3 is 24.5 Å². The quantitative estimate of drug-likeness (QED) is 0.466. The van der Waals surface area contributed by atoms with Crippen molar-refractivity contribution in [2.24, 2.45) is 11.8 Å². The highest BCUT2D eigenvalue weighted by Crippen LogP contribution is 2.50. The van der Waals surface area contributed by atoms with Gasteiger partial charge in [-0.15, -0.1) is 0 Å². The second-order valence-corrected chi connectivity index (χ2v) is 10.8. The molecule has 3 heterocycles. The molecule has 1 aliphatic heterocycles. The largest absolute Gasteiger partial charge is 0.496 e. The van der Waals surface area contributed by atoms with Crippen molar-refractivity contribution in [3.05, 3.63) is 63.2 Å². The van der Waals surface area contributed by atoms with E-state index in [-0.39, 0.29) is 36.4 Å². The molecule has 1 saturated heterocycles. The number of likely N-dealkylation sites (tertiary alicyclic amines) is 1. The van der Waals surface area contributed by atoms with E-state index in [1.54, 1.807) is 17.9 Å². The Bertz CT molecular complexity index is 1490. The van der Waals surface area contributed by atoms with Gasteiger partial charge in [0.05, 0.1) is 24.8 Å². The number of alkyl halides is 2. The summed E-state index contributed by atoms with van der Waals surface area (Å²) in [5, 5.41) is 3.71. The van der Waals surface area contributed by atoms with Gasteiger partial charge in [0.15, 0.2) is 0 Å². The Morgan fingerprint density at radius 2 is 1.87 bits per heavy atom. The Hall–Kier alpha value is -3.69. The lowest BCUT2D eigenvalue weighted by atomic mass is 9.89. The number of methoxy groups -OCH3 is 1. The first-order valence-corrected chi connectivity index (χ1v) is 13.3. The van der Waals surface area contributed by atoms with Crippen LogP contribution in [0, 0.1) is 25.7 Å². The number of hydrogen-bond acceptors (Lipinski definition) is 4. The number of nitrogens with zero attached hydrogens (tertiary/aromatic N) is 2. The average Bonchev–Trinajstić information content (AvgIpc) is 3.44. The number of amides is 2. The van der Waals surface area contributed by atoms with Crippen LogP contribution in [0.5, 0.6) is 5.75 Å². The molecule has 2 aliphatic rings. The molecule has 2 fully saturated rings. The van der Waals surface area contributed by atoms with Gasteiger partial charge in [0, 0.05) is 47.8 Å². The summed E-state index contributed by atoms with van der Waals surface area (Å²) in [6, 6.07) is 9.46. The molecular weight excluding hydrogens is 506 g/mol. The van der Waals surface area contributed by atoms with Crippen LogP contribution in [0.1, 0.15) is 59.5 Å². The van der Waals surface area contributed by atoms with Crippen molar-refractivity contribution >= 4 is 22.7 Å². The highest BCUT2D eigenvalue weighted by molar-refractivity contribution is 6.08. The predicted octanol–water partition coefficient (Wildman–Crippen LogP) is 4.34. The third kappa shape index (κ3) is 4.92. The van der Waals surface area contributed by atoms with Gasteiger partial charge in [-0.1, -0.05) is 18.2 Å². The number of rotatable bonds is 7. The Balaban J connectivity index is 1.35. The van der Waals surface area contributed by atoms with Crippen molar-refractivity contribution in [2.45, 2.75) is 58.5 Å². The van der Waals surface area contributed by atoms with Crippen LogP contribution in [0.25, 0.3) is 10.9 Å². The van der Waals surface area contributed by atoms with Gasteiger partial charge in [0.25, 0.3) is 17.4 Å². The highest BCUT2D eigenvalue weighted by Gasteiger charge is 2.62. The molecule has 2 atom stereocenters. The SMILES string of the molecule is COc1cc(C)[nH]c(=O)c1CNC(=O)c1c(C)n([C@H](C)C2CCN(C(=O)C3CC3(F)F)CC2)c2ccccc12. The number of ether oxygens (including phenoxy) is 1. The van der Waals surface area contributed by atoms with Gasteiger partial charge in [-0.05, 0) is 51.7 Å². The number of para-hydroxylation sites is 1. The topological polar surface area (TPSA) is 96.4 Å². The van der Waals surface area contributed by atoms with Crippen LogP contribution in [0.4, 0.5) is 8.78 Å². The molecule has 2 aromatic heterocycles. The van der Waals surface area contributed by atoms with E-state index in [0.29, 0.717) is 48.5 Å². The summed E-state index contributed by atoms with van der Waals surface area (Å²) in [5.41, 5.74) is 2.98. The number of pyridine rings is 1. The van der Waals surface area contributed by atoms with Crippen LogP contribution >= 0.6 is 0 Å². The van der Waals surface area contributed by atoms with E-state index in [1.165, 1.54) is 7.11 Å². The summed E-state index contributed by atoms with van der Waals surface area (Å²) < 4.78 is 34.3. The zero-order valence-corrected chi connectivity index (χ0v) is 22.6. The van der Waals surface area contributed by atoms with E-state index in [2.05, 4.69) is 21.8 Å². The smallest absolute Gasteiger partial charge is 0.260 e. The molecule has 39 heavy (non-hydrogen) atoms. The van der Waals surface area contributed by atoms with Crippen LogP contribution in [-0.2, 0) is 11.3 Å². The zero-order valence-electron chi connectivity index (χ0n) is 22.6.